The molecule has 7 nitrogen and oxygen atoms in total. The highest BCUT2D eigenvalue weighted by molar-refractivity contribution is 14.0. The number of nitrogens with zero attached hydrogens (tertiary/aromatic N) is 4. The van der Waals surface area contributed by atoms with E-state index >= 15 is 0 Å². The predicted molar refractivity (Wildman–Crippen MR) is 138 cm³/mol. The number of amides is 1. The van der Waals surface area contributed by atoms with Gasteiger partial charge in [0.05, 0.1) is 5.69 Å². The van der Waals surface area contributed by atoms with Crippen LogP contribution in [0.15, 0.2) is 35.3 Å². The summed E-state index contributed by atoms with van der Waals surface area (Å²) in [4.78, 5) is 19.1. The molecular weight excluding hydrogens is 503 g/mol. The molecule has 2 N–H and O–H groups in total. The summed E-state index contributed by atoms with van der Waals surface area (Å²) in [6.07, 6.45) is 0.846. The van der Waals surface area contributed by atoms with Gasteiger partial charge in [0.1, 0.15) is 6.54 Å². The fourth-order valence-corrected chi connectivity index (χ4v) is 3.45. The molecule has 0 fully saturated rings. The summed E-state index contributed by atoms with van der Waals surface area (Å²) in [5.41, 5.74) is 4.61. The van der Waals surface area contributed by atoms with Crippen LogP contribution in [0.5, 0.6) is 0 Å². The number of carbonyl (C=O) groups excluding carboxylic acids is 1. The Hall–Kier alpha value is -2.10. The van der Waals surface area contributed by atoms with E-state index in [1.54, 1.807) is 0 Å². The molecule has 0 aliphatic heterocycles. The number of halogens is 1. The van der Waals surface area contributed by atoms with Crippen LogP contribution in [0.4, 0.5) is 0 Å². The summed E-state index contributed by atoms with van der Waals surface area (Å²) >= 11 is 0. The second-order valence-corrected chi connectivity index (χ2v) is 7.61. The molecule has 8 heteroatoms. The molecule has 0 aliphatic rings. The number of hydrogen-bond acceptors (Lipinski definition) is 3. The lowest BCUT2D eigenvalue weighted by atomic mass is 10.1. The highest BCUT2D eigenvalue weighted by Gasteiger charge is 2.15. The van der Waals surface area contributed by atoms with Crippen molar-refractivity contribution < 1.29 is 4.79 Å². The van der Waals surface area contributed by atoms with Gasteiger partial charge in [-0.25, -0.2) is 4.99 Å². The first-order chi connectivity index (χ1) is 14.3. The first-order valence-corrected chi connectivity index (χ1v) is 10.7. The molecule has 2 rings (SSSR count). The molecule has 1 aromatic carbocycles. The molecule has 2 aromatic rings. The molecular formula is C23H37IN6O. The molecule has 0 aliphatic carbocycles. The summed E-state index contributed by atoms with van der Waals surface area (Å²) in [6, 6.07) is 10.2. The molecule has 0 spiro atoms. The molecule has 172 valence electrons. The van der Waals surface area contributed by atoms with Gasteiger partial charge in [-0.15, -0.1) is 24.0 Å². The van der Waals surface area contributed by atoms with Crippen LogP contribution in [0.3, 0.4) is 0 Å². The number of aliphatic imine (C=N–C) groups is 1. The molecule has 0 saturated carbocycles. The molecule has 0 radical (unpaired) electrons. The molecule has 1 unspecified atom stereocenters. The average Bonchev–Trinajstić information content (AvgIpc) is 2.96. The molecule has 1 atom stereocenters. The van der Waals surface area contributed by atoms with E-state index < -0.39 is 0 Å². The van der Waals surface area contributed by atoms with Gasteiger partial charge in [0.25, 0.3) is 0 Å². The molecule has 0 saturated heterocycles. The van der Waals surface area contributed by atoms with Gasteiger partial charge in [-0.2, -0.15) is 5.10 Å². The average molecular weight is 540 g/mol. The SMILES string of the molecule is CCNC(=NCC(=O)N(CC)Cc1ccccc1)NC(C)Cc1c(C)nn(C)c1C.I. The fraction of sp³-hybridized carbons (Fsp3) is 0.522. The lowest BCUT2D eigenvalue weighted by Crippen LogP contribution is -2.44. The number of benzene rings is 1. The van der Waals surface area contributed by atoms with Crippen molar-refractivity contribution in [1.82, 2.24) is 25.3 Å². The van der Waals surface area contributed by atoms with Gasteiger partial charge >= 0.3 is 0 Å². The monoisotopic (exact) mass is 540 g/mol. The van der Waals surface area contributed by atoms with E-state index in [2.05, 4.69) is 34.6 Å². The lowest BCUT2D eigenvalue weighted by Gasteiger charge is -2.21. The first kappa shape index (κ1) is 26.9. The number of rotatable bonds is 9. The normalized spacial score (nSPS) is 12.1. The van der Waals surface area contributed by atoms with Crippen LogP contribution >= 0.6 is 24.0 Å². The minimum atomic E-state index is 0. The number of nitrogens with one attached hydrogen (secondary N) is 2. The maximum absolute atomic E-state index is 12.7. The van der Waals surface area contributed by atoms with Crippen LogP contribution in [-0.2, 0) is 24.8 Å². The second kappa shape index (κ2) is 13.3. The Labute approximate surface area is 203 Å². The number of carbonyl (C=O) groups is 1. The highest BCUT2D eigenvalue weighted by atomic mass is 127. The maximum Gasteiger partial charge on any atom is 0.244 e. The number of likely N-dealkylation sites (N-methyl/N-ethyl adjacent to an activating group) is 1. The highest BCUT2D eigenvalue weighted by Crippen LogP contribution is 2.14. The quantitative estimate of drug-likeness (QED) is 0.291. The van der Waals surface area contributed by atoms with Crippen molar-refractivity contribution in [2.75, 3.05) is 19.6 Å². The third-order valence-electron chi connectivity index (χ3n) is 5.22. The van der Waals surface area contributed by atoms with Crippen molar-refractivity contribution in [3.05, 3.63) is 52.8 Å². The summed E-state index contributed by atoms with van der Waals surface area (Å²) < 4.78 is 1.92. The second-order valence-electron chi connectivity index (χ2n) is 7.61. The fourth-order valence-electron chi connectivity index (χ4n) is 3.45. The van der Waals surface area contributed by atoms with Crippen LogP contribution in [0, 0.1) is 13.8 Å². The Balaban J connectivity index is 0.00000480. The van der Waals surface area contributed by atoms with Gasteiger partial charge in [0.2, 0.25) is 5.91 Å². The molecule has 1 amide bonds. The summed E-state index contributed by atoms with van der Waals surface area (Å²) in [7, 11) is 1.97. The van der Waals surface area contributed by atoms with Crippen LogP contribution in [0.1, 0.15) is 43.3 Å². The van der Waals surface area contributed by atoms with Gasteiger partial charge in [0, 0.05) is 38.4 Å². The van der Waals surface area contributed by atoms with Crippen LogP contribution < -0.4 is 10.6 Å². The van der Waals surface area contributed by atoms with E-state index in [1.165, 1.54) is 11.3 Å². The minimum Gasteiger partial charge on any atom is -0.357 e. The van der Waals surface area contributed by atoms with Crippen LogP contribution in [-0.4, -0.2) is 52.2 Å². The Morgan fingerprint density at radius 2 is 1.90 bits per heavy atom. The largest absolute Gasteiger partial charge is 0.357 e. The zero-order valence-electron chi connectivity index (χ0n) is 19.6. The van der Waals surface area contributed by atoms with Crippen LogP contribution in [0.25, 0.3) is 0 Å². The van der Waals surface area contributed by atoms with E-state index in [-0.39, 0.29) is 42.5 Å². The van der Waals surface area contributed by atoms with Gasteiger partial charge in [0.15, 0.2) is 5.96 Å². The predicted octanol–water partition coefficient (Wildman–Crippen LogP) is 3.19. The van der Waals surface area contributed by atoms with E-state index in [4.69, 9.17) is 0 Å². The van der Waals surface area contributed by atoms with Crippen molar-refractivity contribution in [2.45, 2.75) is 53.6 Å². The minimum absolute atomic E-state index is 0. The van der Waals surface area contributed by atoms with Gasteiger partial charge in [-0.3, -0.25) is 9.48 Å². The van der Waals surface area contributed by atoms with Crippen molar-refractivity contribution in [1.29, 1.82) is 0 Å². The number of hydrogen-bond donors (Lipinski definition) is 2. The van der Waals surface area contributed by atoms with Crippen molar-refractivity contribution in [3.8, 4) is 0 Å². The Morgan fingerprint density at radius 1 is 1.23 bits per heavy atom. The van der Waals surface area contributed by atoms with Gasteiger partial charge < -0.3 is 15.5 Å². The van der Waals surface area contributed by atoms with Gasteiger partial charge in [-0.1, -0.05) is 30.3 Å². The lowest BCUT2D eigenvalue weighted by molar-refractivity contribution is -0.130. The van der Waals surface area contributed by atoms with Crippen molar-refractivity contribution >= 4 is 35.8 Å². The number of aryl methyl sites for hydroxylation is 2. The molecule has 1 heterocycles. The van der Waals surface area contributed by atoms with E-state index in [0.29, 0.717) is 19.0 Å². The van der Waals surface area contributed by atoms with Crippen molar-refractivity contribution in [2.24, 2.45) is 12.0 Å². The Kier molecular flexibility index (Phi) is 11.6. The van der Waals surface area contributed by atoms with E-state index in [1.807, 2.05) is 67.7 Å². The standard InChI is InChI=1S/C23H36N6O.HI/c1-7-24-23(26-17(3)14-21-18(4)27-28(6)19(21)5)25-15-22(30)29(8-2)16-20-12-10-9-11-13-20;/h9-13,17H,7-8,14-16H2,1-6H3,(H2,24,25,26);1H. The molecule has 0 bridgehead atoms. The summed E-state index contributed by atoms with van der Waals surface area (Å²) in [6.45, 7) is 12.4. The Bertz CT molecular complexity index is 849. The number of guanidine groups is 1. The topological polar surface area (TPSA) is 74.6 Å². The van der Waals surface area contributed by atoms with Gasteiger partial charge in [-0.05, 0) is 52.2 Å². The first-order valence-electron chi connectivity index (χ1n) is 10.7. The Morgan fingerprint density at radius 3 is 2.45 bits per heavy atom. The third kappa shape index (κ3) is 8.16. The summed E-state index contributed by atoms with van der Waals surface area (Å²) in [5, 5.41) is 11.2. The van der Waals surface area contributed by atoms with Crippen LogP contribution in [0.2, 0.25) is 0 Å². The number of aromatic nitrogens is 2. The van der Waals surface area contributed by atoms with Crippen molar-refractivity contribution in [3.63, 3.8) is 0 Å². The zero-order valence-corrected chi connectivity index (χ0v) is 21.9. The zero-order chi connectivity index (χ0) is 22.1. The maximum atomic E-state index is 12.7. The van der Waals surface area contributed by atoms with E-state index in [9.17, 15) is 4.79 Å². The summed E-state index contributed by atoms with van der Waals surface area (Å²) in [5.74, 6) is 0.679. The molecule has 31 heavy (non-hydrogen) atoms. The van der Waals surface area contributed by atoms with E-state index in [0.717, 1.165) is 24.2 Å². The molecule has 1 aromatic heterocycles. The smallest absolute Gasteiger partial charge is 0.244 e. The third-order valence-corrected chi connectivity index (χ3v) is 5.22.